The third-order valence-corrected chi connectivity index (χ3v) is 4.68. The Labute approximate surface area is 125 Å². The molecule has 1 fully saturated rings. The fourth-order valence-electron chi connectivity index (χ4n) is 3.38. The standard InChI is InChI=1S/C19H31N/c1-19(2,3)17-11-9-16(10-12-17)14-18(20)13-15-7-5-4-6-8-15/h9-12,15,18H,4-8,13-14,20H2,1-3H3. The molecule has 0 saturated heterocycles. The quantitative estimate of drug-likeness (QED) is 0.836. The topological polar surface area (TPSA) is 26.0 Å². The summed E-state index contributed by atoms with van der Waals surface area (Å²) < 4.78 is 0. The van der Waals surface area contributed by atoms with E-state index in [-0.39, 0.29) is 5.41 Å². The number of hydrogen-bond acceptors (Lipinski definition) is 1. The third-order valence-electron chi connectivity index (χ3n) is 4.68. The van der Waals surface area contributed by atoms with Crippen molar-refractivity contribution < 1.29 is 0 Å². The molecule has 0 spiro atoms. The first-order valence-corrected chi connectivity index (χ1v) is 8.30. The lowest BCUT2D eigenvalue weighted by molar-refractivity contribution is 0.317. The molecule has 1 aliphatic carbocycles. The lowest BCUT2D eigenvalue weighted by Crippen LogP contribution is -2.27. The van der Waals surface area contributed by atoms with Gasteiger partial charge in [0.1, 0.15) is 0 Å². The molecule has 1 aliphatic rings. The third kappa shape index (κ3) is 4.63. The molecule has 1 aromatic rings. The van der Waals surface area contributed by atoms with Gasteiger partial charge in [-0.15, -0.1) is 0 Å². The molecule has 0 heterocycles. The van der Waals surface area contributed by atoms with E-state index in [4.69, 9.17) is 5.73 Å². The van der Waals surface area contributed by atoms with Gasteiger partial charge in [-0.05, 0) is 35.3 Å². The summed E-state index contributed by atoms with van der Waals surface area (Å²) in [6, 6.07) is 9.40. The zero-order chi connectivity index (χ0) is 14.6. The highest BCUT2D eigenvalue weighted by molar-refractivity contribution is 5.27. The Morgan fingerprint density at radius 2 is 1.65 bits per heavy atom. The van der Waals surface area contributed by atoms with E-state index in [1.165, 1.54) is 49.7 Å². The highest BCUT2D eigenvalue weighted by Gasteiger charge is 2.17. The van der Waals surface area contributed by atoms with Gasteiger partial charge in [0.25, 0.3) is 0 Å². The van der Waals surface area contributed by atoms with Crippen LogP contribution in [-0.2, 0) is 11.8 Å². The number of rotatable bonds is 4. The van der Waals surface area contributed by atoms with Crippen LogP contribution < -0.4 is 5.73 Å². The van der Waals surface area contributed by atoms with Crippen LogP contribution >= 0.6 is 0 Å². The second-order valence-corrected chi connectivity index (χ2v) is 7.65. The fourth-order valence-corrected chi connectivity index (χ4v) is 3.38. The summed E-state index contributed by atoms with van der Waals surface area (Å²) in [6.07, 6.45) is 9.30. The van der Waals surface area contributed by atoms with Crippen LogP contribution in [0.4, 0.5) is 0 Å². The summed E-state index contributed by atoms with van der Waals surface area (Å²) in [5.74, 6) is 0.882. The Kier molecular flexibility index (Phi) is 5.26. The molecule has 2 rings (SSSR count). The molecule has 0 aromatic heterocycles. The molecular formula is C19H31N. The van der Waals surface area contributed by atoms with Gasteiger partial charge < -0.3 is 5.73 Å². The van der Waals surface area contributed by atoms with Gasteiger partial charge in [0.2, 0.25) is 0 Å². The first-order chi connectivity index (χ1) is 9.45. The van der Waals surface area contributed by atoms with Crippen molar-refractivity contribution in [3.8, 4) is 0 Å². The zero-order valence-corrected chi connectivity index (χ0v) is 13.5. The molecule has 0 amide bonds. The van der Waals surface area contributed by atoms with Crippen LogP contribution in [0.5, 0.6) is 0 Å². The van der Waals surface area contributed by atoms with Crippen LogP contribution in [-0.4, -0.2) is 6.04 Å². The Hall–Kier alpha value is -0.820. The predicted molar refractivity (Wildman–Crippen MR) is 88.0 cm³/mol. The molecule has 1 unspecified atom stereocenters. The Morgan fingerprint density at radius 3 is 2.20 bits per heavy atom. The molecule has 1 atom stereocenters. The van der Waals surface area contributed by atoms with Gasteiger partial charge in [0.15, 0.2) is 0 Å². The van der Waals surface area contributed by atoms with Crippen molar-refractivity contribution in [2.75, 3.05) is 0 Å². The van der Waals surface area contributed by atoms with E-state index in [1.54, 1.807) is 0 Å². The second kappa shape index (κ2) is 6.76. The maximum atomic E-state index is 6.36. The number of hydrogen-bond donors (Lipinski definition) is 1. The molecule has 0 aliphatic heterocycles. The minimum absolute atomic E-state index is 0.239. The van der Waals surface area contributed by atoms with E-state index in [9.17, 15) is 0 Å². The van der Waals surface area contributed by atoms with Crippen molar-refractivity contribution in [1.29, 1.82) is 0 Å². The average molecular weight is 273 g/mol. The number of nitrogens with two attached hydrogens (primary N) is 1. The summed E-state index contributed by atoms with van der Waals surface area (Å²) in [5, 5.41) is 0. The summed E-state index contributed by atoms with van der Waals surface area (Å²) in [7, 11) is 0. The van der Waals surface area contributed by atoms with Crippen LogP contribution in [0.25, 0.3) is 0 Å². The van der Waals surface area contributed by atoms with Crippen molar-refractivity contribution in [3.05, 3.63) is 35.4 Å². The monoisotopic (exact) mass is 273 g/mol. The summed E-state index contributed by atoms with van der Waals surface area (Å²) in [6.45, 7) is 6.78. The lowest BCUT2D eigenvalue weighted by atomic mass is 9.83. The van der Waals surface area contributed by atoms with Gasteiger partial charge in [-0.3, -0.25) is 0 Å². The van der Waals surface area contributed by atoms with E-state index in [0.717, 1.165) is 12.3 Å². The number of benzene rings is 1. The van der Waals surface area contributed by atoms with Crippen molar-refractivity contribution in [1.82, 2.24) is 0 Å². The molecule has 20 heavy (non-hydrogen) atoms. The lowest BCUT2D eigenvalue weighted by Gasteiger charge is -2.25. The van der Waals surface area contributed by atoms with Gasteiger partial charge in [-0.25, -0.2) is 0 Å². The van der Waals surface area contributed by atoms with E-state index in [0.29, 0.717) is 6.04 Å². The second-order valence-electron chi connectivity index (χ2n) is 7.65. The molecule has 0 bridgehead atoms. The fraction of sp³-hybridized carbons (Fsp3) is 0.684. The summed E-state index contributed by atoms with van der Waals surface area (Å²) in [5.41, 5.74) is 9.39. The normalized spacial score (nSPS) is 19.0. The molecule has 1 heteroatoms. The van der Waals surface area contributed by atoms with Crippen molar-refractivity contribution in [3.63, 3.8) is 0 Å². The molecular weight excluding hydrogens is 242 g/mol. The van der Waals surface area contributed by atoms with E-state index in [2.05, 4.69) is 45.0 Å². The van der Waals surface area contributed by atoms with Crippen molar-refractivity contribution in [2.45, 2.75) is 77.2 Å². The first kappa shape index (κ1) is 15.6. The largest absolute Gasteiger partial charge is 0.327 e. The van der Waals surface area contributed by atoms with Crippen LogP contribution in [0, 0.1) is 5.92 Å². The molecule has 0 radical (unpaired) electrons. The van der Waals surface area contributed by atoms with Gasteiger partial charge >= 0.3 is 0 Å². The van der Waals surface area contributed by atoms with E-state index in [1.807, 2.05) is 0 Å². The van der Waals surface area contributed by atoms with Gasteiger partial charge in [-0.1, -0.05) is 77.1 Å². The Bertz CT molecular complexity index is 393. The highest BCUT2D eigenvalue weighted by atomic mass is 14.6. The Balaban J connectivity index is 1.86. The zero-order valence-electron chi connectivity index (χ0n) is 13.5. The smallest absolute Gasteiger partial charge is 0.00819 e. The summed E-state index contributed by atoms with van der Waals surface area (Å²) in [4.78, 5) is 0. The minimum Gasteiger partial charge on any atom is -0.327 e. The average Bonchev–Trinajstić information content (AvgIpc) is 2.39. The minimum atomic E-state index is 0.239. The van der Waals surface area contributed by atoms with Crippen LogP contribution in [0.2, 0.25) is 0 Å². The van der Waals surface area contributed by atoms with Crippen molar-refractivity contribution in [2.24, 2.45) is 11.7 Å². The van der Waals surface area contributed by atoms with Crippen LogP contribution in [0.15, 0.2) is 24.3 Å². The van der Waals surface area contributed by atoms with Gasteiger partial charge in [0, 0.05) is 6.04 Å². The maximum Gasteiger partial charge on any atom is 0.00819 e. The van der Waals surface area contributed by atoms with Crippen LogP contribution in [0.3, 0.4) is 0 Å². The molecule has 1 nitrogen and oxygen atoms in total. The predicted octanol–water partition coefficient (Wildman–Crippen LogP) is 4.82. The van der Waals surface area contributed by atoms with Crippen LogP contribution in [0.1, 0.15) is 70.4 Å². The van der Waals surface area contributed by atoms with E-state index < -0.39 is 0 Å². The first-order valence-electron chi connectivity index (χ1n) is 8.30. The SMILES string of the molecule is CC(C)(C)c1ccc(CC(N)CC2CCCCC2)cc1. The van der Waals surface area contributed by atoms with Crippen molar-refractivity contribution >= 4 is 0 Å². The highest BCUT2D eigenvalue weighted by Crippen LogP contribution is 2.28. The van der Waals surface area contributed by atoms with Gasteiger partial charge in [-0.2, -0.15) is 0 Å². The molecule has 1 aromatic carbocycles. The van der Waals surface area contributed by atoms with E-state index >= 15 is 0 Å². The molecule has 112 valence electrons. The summed E-state index contributed by atoms with van der Waals surface area (Å²) >= 11 is 0. The Morgan fingerprint density at radius 1 is 1.05 bits per heavy atom. The maximum absolute atomic E-state index is 6.36. The molecule has 2 N–H and O–H groups in total. The van der Waals surface area contributed by atoms with Gasteiger partial charge in [0.05, 0.1) is 0 Å². The molecule has 1 saturated carbocycles.